The molecule has 0 fully saturated rings. The molecule has 0 aromatic carbocycles. The molecule has 12 heteroatoms. The van der Waals surface area contributed by atoms with E-state index >= 15 is 0 Å². The summed E-state index contributed by atoms with van der Waals surface area (Å²) in [5.74, 6) is 0. The zero-order valence-electron chi connectivity index (χ0n) is 19.8. The van der Waals surface area contributed by atoms with E-state index < -0.39 is 12.3 Å². The Kier molecular flexibility index (Phi) is 153. The Hall–Kier alpha value is 6.10. The summed E-state index contributed by atoms with van der Waals surface area (Å²) in [5, 5.41) is 27.9. The molecule has 0 amide bonds. The normalized spacial score (nSPS) is 3.43. The van der Waals surface area contributed by atoms with Gasteiger partial charge in [0.2, 0.25) is 0 Å². The van der Waals surface area contributed by atoms with Crippen molar-refractivity contribution in [2.24, 2.45) is 0 Å². The van der Waals surface area contributed by atoms with Crippen molar-refractivity contribution in [2.45, 2.75) is 0 Å². The van der Waals surface area contributed by atoms with Crippen molar-refractivity contribution in [1.29, 1.82) is 0 Å². The van der Waals surface area contributed by atoms with Crippen LogP contribution in [0.4, 0.5) is 9.59 Å². The predicted octanol–water partition coefficient (Wildman–Crippen LogP) is -0.490. The molecule has 72 valence electrons. The van der Waals surface area contributed by atoms with Gasteiger partial charge in [-0.25, -0.2) is 9.59 Å². The first-order valence-corrected chi connectivity index (χ1v) is 1.30. The van der Waals surface area contributed by atoms with Gasteiger partial charge in [0, 0.05) is 0 Å². The van der Waals surface area contributed by atoms with Gasteiger partial charge in [0.1, 0.15) is 0 Å². The van der Waals surface area contributed by atoms with Crippen LogP contribution in [0.15, 0.2) is 0 Å². The Morgan fingerprint density at radius 2 is 0.571 bits per heavy atom. The van der Waals surface area contributed by atoms with Crippen LogP contribution in [0.3, 0.4) is 0 Å². The minimum atomic E-state index is -1.83. The van der Waals surface area contributed by atoms with Crippen molar-refractivity contribution < 1.29 is 47.1 Å². The molecule has 0 aromatic rings. The summed E-state index contributed by atoms with van der Waals surface area (Å²) in [6, 6.07) is 0. The fourth-order valence-corrected chi connectivity index (χ4v) is 0. The van der Waals surface area contributed by atoms with Crippen molar-refractivity contribution in [3.63, 3.8) is 0 Å². The molecule has 0 aliphatic rings. The standard InChI is InChI=1S/2CH2O3.6Ca.12H/c2*2-1(3)4;;;;;;;;;;;;;;;;;;/h2*(H2,2,3,4);;;;;;;;;;;;;;;;;;/q;;6*+2;12*-1. The van der Waals surface area contributed by atoms with Gasteiger partial charge in [-0.15, -0.1) is 0 Å². The molecule has 0 aliphatic heterocycles. The average Bonchev–Trinajstić information content (AvgIpc) is 1.25. The first kappa shape index (κ1) is 50.1. The number of rotatable bonds is 0. The van der Waals surface area contributed by atoms with Gasteiger partial charge < -0.3 is 37.5 Å². The summed E-state index contributed by atoms with van der Waals surface area (Å²) in [7, 11) is 0. The Morgan fingerprint density at radius 3 is 0.571 bits per heavy atom. The Labute approximate surface area is 278 Å². The quantitative estimate of drug-likeness (QED) is 0.424. The number of carboxylic acid groups (broad SMARTS) is 4. The van der Waals surface area contributed by atoms with E-state index in [9.17, 15) is 0 Å². The third-order valence-corrected chi connectivity index (χ3v) is 0. The van der Waals surface area contributed by atoms with Crippen LogP contribution in [0.1, 0.15) is 17.1 Å². The summed E-state index contributed by atoms with van der Waals surface area (Å²) in [4.78, 5) is 17.1. The Bertz CT molecular complexity index is 104. The average molecular weight is 377 g/mol. The summed E-state index contributed by atoms with van der Waals surface area (Å²) >= 11 is 0. The molecule has 0 aliphatic carbocycles. The summed E-state index contributed by atoms with van der Waals surface area (Å²) in [5.41, 5.74) is 0. The van der Waals surface area contributed by atoms with E-state index in [-0.39, 0.29) is 244 Å². The maximum absolute atomic E-state index is 8.56. The van der Waals surface area contributed by atoms with Gasteiger partial charge in [0.05, 0.1) is 0 Å². The minimum absolute atomic E-state index is 0. The molecule has 0 aromatic heterocycles. The maximum atomic E-state index is 8.56. The van der Waals surface area contributed by atoms with Gasteiger partial charge in [-0.1, -0.05) is 0 Å². The molecule has 0 unspecified atom stereocenters. The van der Waals surface area contributed by atoms with E-state index in [1.54, 1.807) is 0 Å². The fraction of sp³-hybridized carbons (Fsp3) is 0. The summed E-state index contributed by atoms with van der Waals surface area (Å²) in [6.45, 7) is 0. The van der Waals surface area contributed by atoms with Gasteiger partial charge in [0.25, 0.3) is 0 Å². The third-order valence-electron chi connectivity index (χ3n) is 0. The van der Waals surface area contributed by atoms with E-state index in [0.29, 0.717) is 0 Å². The molecule has 6 nitrogen and oxygen atoms in total. The predicted molar refractivity (Wildman–Crippen MR) is 69.2 cm³/mol. The van der Waals surface area contributed by atoms with Gasteiger partial charge in [-0.2, -0.15) is 0 Å². The molecule has 0 saturated heterocycles. The molecule has 14 heavy (non-hydrogen) atoms. The third kappa shape index (κ3) is 142. The van der Waals surface area contributed by atoms with Gasteiger partial charge in [-0.05, 0) is 0 Å². The summed E-state index contributed by atoms with van der Waals surface area (Å²) < 4.78 is 0. The molecule has 0 heterocycles. The number of hydrogen-bond acceptors (Lipinski definition) is 2. The van der Waals surface area contributed by atoms with Crippen LogP contribution in [-0.4, -0.2) is 259 Å². The van der Waals surface area contributed by atoms with Crippen LogP contribution in [-0.2, 0) is 0 Å². The van der Waals surface area contributed by atoms with Gasteiger partial charge in [0.15, 0.2) is 0 Å². The van der Waals surface area contributed by atoms with E-state index in [1.807, 2.05) is 0 Å². The number of carbonyl (C=O) groups is 2. The fourth-order valence-electron chi connectivity index (χ4n) is 0. The Balaban J connectivity index is -0.000000000909. The van der Waals surface area contributed by atoms with Crippen LogP contribution >= 0.6 is 0 Å². The van der Waals surface area contributed by atoms with E-state index in [0.717, 1.165) is 0 Å². The molecule has 0 radical (unpaired) electrons. The van der Waals surface area contributed by atoms with Crippen LogP contribution < -0.4 is 0 Å². The second kappa shape index (κ2) is 42.7. The molecule has 0 rings (SSSR count). The molecule has 0 bridgehead atoms. The maximum Gasteiger partial charge on any atom is 2.00 e. The number of hydrogen-bond donors (Lipinski definition) is 4. The minimum Gasteiger partial charge on any atom is -1.00 e. The smallest absolute Gasteiger partial charge is 1.00 e. The van der Waals surface area contributed by atoms with Crippen LogP contribution in [0.5, 0.6) is 0 Å². The largest absolute Gasteiger partial charge is 2.00 e. The first-order valence-electron chi connectivity index (χ1n) is 1.30. The molecular weight excluding hydrogens is 360 g/mol. The zero-order valence-corrected chi connectivity index (χ0v) is 21.1. The first-order chi connectivity index (χ1) is 3.46. The van der Waals surface area contributed by atoms with E-state index in [1.165, 1.54) is 0 Å². The van der Waals surface area contributed by atoms with Crippen molar-refractivity contribution in [3.05, 3.63) is 0 Å². The monoisotopic (exact) mass is 376 g/mol. The van der Waals surface area contributed by atoms with Crippen molar-refractivity contribution in [3.8, 4) is 0 Å². The van der Waals surface area contributed by atoms with Crippen LogP contribution in [0.25, 0.3) is 0 Å². The summed E-state index contributed by atoms with van der Waals surface area (Å²) in [6.07, 6.45) is -3.67. The van der Waals surface area contributed by atoms with E-state index in [2.05, 4.69) is 0 Å². The Morgan fingerprint density at radius 1 is 0.571 bits per heavy atom. The zero-order chi connectivity index (χ0) is 7.15. The van der Waals surface area contributed by atoms with Crippen LogP contribution in [0.2, 0.25) is 0 Å². The molecule has 0 saturated carbocycles. The van der Waals surface area contributed by atoms with E-state index in [4.69, 9.17) is 30.0 Å². The topological polar surface area (TPSA) is 115 Å². The van der Waals surface area contributed by atoms with Crippen molar-refractivity contribution >= 4 is 239 Å². The van der Waals surface area contributed by atoms with Crippen molar-refractivity contribution in [1.82, 2.24) is 0 Å². The van der Waals surface area contributed by atoms with Crippen molar-refractivity contribution in [2.75, 3.05) is 0 Å². The van der Waals surface area contributed by atoms with Gasteiger partial charge >= 0.3 is 239 Å². The molecular formula is C2H16Ca6O6. The molecule has 4 N–H and O–H groups in total. The van der Waals surface area contributed by atoms with Gasteiger partial charge in [-0.3, -0.25) is 0 Å². The molecule has 0 atom stereocenters. The molecule has 0 spiro atoms. The SMILES string of the molecule is O=C(O)O.O=C(O)O.[Ca+2].[Ca+2].[Ca+2].[Ca+2].[Ca+2].[Ca+2].[H-].[H-].[H-].[H-].[H-].[H-].[H-].[H-].[H-].[H-].[H-].[H-]. The second-order valence-corrected chi connectivity index (χ2v) is 0.565. The second-order valence-electron chi connectivity index (χ2n) is 0.565. The van der Waals surface area contributed by atoms with Crippen LogP contribution in [0, 0.1) is 0 Å².